The van der Waals surface area contributed by atoms with Gasteiger partial charge in [0.25, 0.3) is 5.91 Å². The summed E-state index contributed by atoms with van der Waals surface area (Å²) in [7, 11) is 0. The van der Waals surface area contributed by atoms with Gasteiger partial charge in [0.2, 0.25) is 0 Å². The zero-order chi connectivity index (χ0) is 16.9. The highest BCUT2D eigenvalue weighted by Crippen LogP contribution is 2.30. The molecule has 0 fully saturated rings. The van der Waals surface area contributed by atoms with Crippen molar-refractivity contribution in [1.29, 1.82) is 0 Å². The van der Waals surface area contributed by atoms with Gasteiger partial charge < -0.3 is 10.1 Å². The summed E-state index contributed by atoms with van der Waals surface area (Å²) in [6, 6.07) is 9.56. The van der Waals surface area contributed by atoms with Crippen molar-refractivity contribution in [1.82, 2.24) is 0 Å². The van der Waals surface area contributed by atoms with Crippen LogP contribution in [0.1, 0.15) is 45.4 Å². The minimum Gasteiger partial charge on any atom is -0.451 e. The van der Waals surface area contributed by atoms with Crippen LogP contribution >= 0.6 is 11.3 Å². The fourth-order valence-electron chi connectivity index (χ4n) is 2.93. The molecule has 0 saturated heterocycles. The lowest BCUT2D eigenvalue weighted by atomic mass is 9.99. The van der Waals surface area contributed by atoms with Crippen LogP contribution in [0.15, 0.2) is 30.3 Å². The largest absolute Gasteiger partial charge is 0.451 e. The molecule has 0 aliphatic heterocycles. The molecule has 4 nitrogen and oxygen atoms in total. The van der Waals surface area contributed by atoms with Crippen LogP contribution in [0.5, 0.6) is 0 Å². The average Bonchev–Trinajstić information content (AvgIpc) is 3.04. The van der Waals surface area contributed by atoms with E-state index in [1.807, 2.05) is 37.3 Å². The van der Waals surface area contributed by atoms with Gasteiger partial charge in [0.05, 0.1) is 0 Å². The van der Waals surface area contributed by atoms with Gasteiger partial charge >= 0.3 is 5.97 Å². The first-order valence-electron chi connectivity index (χ1n) is 8.34. The van der Waals surface area contributed by atoms with Gasteiger partial charge in [0.15, 0.2) is 6.61 Å². The van der Waals surface area contributed by atoms with Crippen LogP contribution in [0, 0.1) is 0 Å². The number of rotatable bonds is 5. The Morgan fingerprint density at radius 2 is 2.00 bits per heavy atom. The van der Waals surface area contributed by atoms with Crippen LogP contribution in [-0.4, -0.2) is 18.5 Å². The quantitative estimate of drug-likeness (QED) is 0.835. The van der Waals surface area contributed by atoms with Crippen molar-refractivity contribution in [3.05, 3.63) is 51.2 Å². The van der Waals surface area contributed by atoms with E-state index in [0.29, 0.717) is 4.88 Å². The normalized spacial score (nSPS) is 13.2. The third-order valence-electron chi connectivity index (χ3n) is 4.20. The van der Waals surface area contributed by atoms with E-state index in [0.717, 1.165) is 30.5 Å². The molecule has 126 valence electrons. The van der Waals surface area contributed by atoms with E-state index in [-0.39, 0.29) is 12.5 Å². The number of para-hydroxylation sites is 1. The molecule has 1 aliphatic carbocycles. The van der Waals surface area contributed by atoms with E-state index in [9.17, 15) is 9.59 Å². The molecule has 1 aromatic carbocycles. The Balaban J connectivity index is 1.56. The third-order valence-corrected chi connectivity index (χ3v) is 5.42. The molecule has 5 heteroatoms. The van der Waals surface area contributed by atoms with E-state index >= 15 is 0 Å². The second-order valence-corrected chi connectivity index (χ2v) is 7.04. The van der Waals surface area contributed by atoms with E-state index in [2.05, 4.69) is 5.32 Å². The van der Waals surface area contributed by atoms with Gasteiger partial charge in [-0.1, -0.05) is 25.1 Å². The highest BCUT2D eigenvalue weighted by molar-refractivity contribution is 7.14. The number of carbonyl (C=O) groups is 2. The maximum Gasteiger partial charge on any atom is 0.348 e. The predicted octanol–water partition coefficient (Wildman–Crippen LogP) is 3.98. The molecule has 3 rings (SSSR count). The smallest absolute Gasteiger partial charge is 0.348 e. The lowest BCUT2D eigenvalue weighted by Crippen LogP contribution is -2.21. The zero-order valence-electron chi connectivity index (χ0n) is 13.8. The van der Waals surface area contributed by atoms with Crippen LogP contribution in [-0.2, 0) is 28.8 Å². The Kier molecular flexibility index (Phi) is 5.30. The molecule has 0 spiro atoms. The van der Waals surface area contributed by atoms with Gasteiger partial charge in [-0.25, -0.2) is 4.79 Å². The number of benzene rings is 1. The summed E-state index contributed by atoms with van der Waals surface area (Å²) in [6.45, 7) is 1.77. The zero-order valence-corrected chi connectivity index (χ0v) is 14.6. The molecule has 2 aromatic rings. The lowest BCUT2D eigenvalue weighted by molar-refractivity contribution is -0.119. The van der Waals surface area contributed by atoms with Crippen molar-refractivity contribution in [3.8, 4) is 0 Å². The Bertz CT molecular complexity index is 727. The number of hydrogen-bond donors (Lipinski definition) is 1. The van der Waals surface area contributed by atoms with Gasteiger partial charge in [0, 0.05) is 10.6 Å². The SMILES string of the molecule is CCc1ccccc1NC(=O)COC(=O)c1cc2c(s1)CCCC2. The molecule has 24 heavy (non-hydrogen) atoms. The van der Waals surface area contributed by atoms with E-state index in [1.165, 1.54) is 34.6 Å². The third kappa shape index (κ3) is 3.85. The Morgan fingerprint density at radius 1 is 1.21 bits per heavy atom. The standard InChI is InChI=1S/C19H21NO3S/c1-2-13-7-3-5-9-15(13)20-18(21)12-23-19(22)17-11-14-8-4-6-10-16(14)24-17/h3,5,7,9,11H,2,4,6,8,10,12H2,1H3,(H,20,21). The Labute approximate surface area is 145 Å². The van der Waals surface area contributed by atoms with Crippen LogP contribution < -0.4 is 5.32 Å². The van der Waals surface area contributed by atoms with Crippen molar-refractivity contribution in [3.63, 3.8) is 0 Å². The van der Waals surface area contributed by atoms with Crippen LogP contribution in [0.25, 0.3) is 0 Å². The monoisotopic (exact) mass is 343 g/mol. The highest BCUT2D eigenvalue weighted by Gasteiger charge is 2.19. The van der Waals surface area contributed by atoms with E-state index in [4.69, 9.17) is 4.74 Å². The van der Waals surface area contributed by atoms with Crippen molar-refractivity contribution < 1.29 is 14.3 Å². The summed E-state index contributed by atoms with van der Waals surface area (Å²) in [5.41, 5.74) is 3.09. The van der Waals surface area contributed by atoms with Gasteiger partial charge in [0.1, 0.15) is 4.88 Å². The number of anilines is 1. The number of amides is 1. The fourth-order valence-corrected chi connectivity index (χ4v) is 4.08. The first-order valence-corrected chi connectivity index (χ1v) is 9.15. The second-order valence-electron chi connectivity index (χ2n) is 5.90. The number of aryl methyl sites for hydroxylation is 3. The molecule has 0 saturated carbocycles. The number of ether oxygens (including phenoxy) is 1. The van der Waals surface area contributed by atoms with Gasteiger partial charge in [-0.3, -0.25) is 4.79 Å². The van der Waals surface area contributed by atoms with Crippen LogP contribution in [0.2, 0.25) is 0 Å². The molecule has 1 aromatic heterocycles. The predicted molar refractivity (Wildman–Crippen MR) is 95.7 cm³/mol. The van der Waals surface area contributed by atoms with Crippen LogP contribution in [0.3, 0.4) is 0 Å². The summed E-state index contributed by atoms with van der Waals surface area (Å²) >= 11 is 1.50. The molecular formula is C19H21NO3S. The average molecular weight is 343 g/mol. The molecule has 0 atom stereocenters. The number of nitrogens with one attached hydrogen (secondary N) is 1. The number of hydrogen-bond acceptors (Lipinski definition) is 4. The molecule has 1 amide bonds. The molecule has 1 heterocycles. The highest BCUT2D eigenvalue weighted by atomic mass is 32.1. The topological polar surface area (TPSA) is 55.4 Å². The Morgan fingerprint density at radius 3 is 2.79 bits per heavy atom. The minimum absolute atomic E-state index is 0.264. The molecular weight excluding hydrogens is 322 g/mol. The van der Waals surface area contributed by atoms with Gasteiger partial charge in [-0.15, -0.1) is 11.3 Å². The molecule has 1 N–H and O–H groups in total. The van der Waals surface area contributed by atoms with Crippen molar-refractivity contribution in [2.45, 2.75) is 39.0 Å². The summed E-state index contributed by atoms with van der Waals surface area (Å²) in [5, 5.41) is 2.80. The molecule has 0 bridgehead atoms. The number of carbonyl (C=O) groups excluding carboxylic acids is 2. The summed E-state index contributed by atoms with van der Waals surface area (Å²) < 4.78 is 5.17. The minimum atomic E-state index is -0.409. The van der Waals surface area contributed by atoms with Gasteiger partial charge in [-0.2, -0.15) is 0 Å². The first kappa shape index (κ1) is 16.7. The lowest BCUT2D eigenvalue weighted by Gasteiger charge is -2.09. The summed E-state index contributed by atoms with van der Waals surface area (Å²) in [5.74, 6) is -0.723. The molecule has 1 aliphatic rings. The number of esters is 1. The molecule has 0 unspecified atom stereocenters. The van der Waals surface area contributed by atoms with Crippen molar-refractivity contribution in [2.75, 3.05) is 11.9 Å². The van der Waals surface area contributed by atoms with Crippen molar-refractivity contribution >= 4 is 28.9 Å². The summed E-state index contributed by atoms with van der Waals surface area (Å²) in [4.78, 5) is 26.1. The number of thiophene rings is 1. The number of fused-ring (bicyclic) bond motifs is 1. The maximum atomic E-state index is 12.2. The van der Waals surface area contributed by atoms with E-state index < -0.39 is 5.97 Å². The Hall–Kier alpha value is -2.14. The maximum absolute atomic E-state index is 12.2. The van der Waals surface area contributed by atoms with E-state index in [1.54, 1.807) is 0 Å². The summed E-state index contributed by atoms with van der Waals surface area (Å²) in [6.07, 6.45) is 5.27. The second kappa shape index (κ2) is 7.62. The van der Waals surface area contributed by atoms with Crippen LogP contribution in [0.4, 0.5) is 5.69 Å². The van der Waals surface area contributed by atoms with Crippen molar-refractivity contribution in [2.24, 2.45) is 0 Å². The molecule has 0 radical (unpaired) electrons. The fraction of sp³-hybridized carbons (Fsp3) is 0.368. The first-order chi connectivity index (χ1) is 11.7. The van der Waals surface area contributed by atoms with Gasteiger partial charge in [-0.05, 0) is 55.4 Å².